The van der Waals surface area contributed by atoms with Gasteiger partial charge >= 0.3 is 0 Å². The minimum atomic E-state index is 0.00993. The molecule has 0 saturated carbocycles. The normalized spacial score (nSPS) is 12.2. The third-order valence-corrected chi connectivity index (χ3v) is 5.24. The summed E-state index contributed by atoms with van der Waals surface area (Å²) in [6.07, 6.45) is 1.71. The fourth-order valence-electron chi connectivity index (χ4n) is 2.91. The van der Waals surface area contributed by atoms with Crippen molar-refractivity contribution in [3.8, 4) is 10.6 Å². The molecular formula is C22H20N2OS. The summed E-state index contributed by atoms with van der Waals surface area (Å²) >= 11 is 1.68. The Bertz CT molecular complexity index is 944. The van der Waals surface area contributed by atoms with Gasteiger partial charge in [0.05, 0.1) is 18.0 Å². The number of aromatic nitrogens is 1. The van der Waals surface area contributed by atoms with E-state index < -0.39 is 0 Å². The number of aryl methyl sites for hydroxylation is 1. The molecule has 1 N–H and O–H groups in total. The SMILES string of the molecule is Cc1ccc(-c2nc(CN[C@@H](c3ccccc3)c3ccco3)cs2)cc1. The van der Waals surface area contributed by atoms with Crippen LogP contribution in [0, 0.1) is 6.92 Å². The van der Waals surface area contributed by atoms with Gasteiger partial charge in [0, 0.05) is 17.5 Å². The zero-order valence-corrected chi connectivity index (χ0v) is 15.4. The third kappa shape index (κ3) is 3.77. The van der Waals surface area contributed by atoms with E-state index in [4.69, 9.17) is 9.40 Å². The highest BCUT2D eigenvalue weighted by Gasteiger charge is 2.16. The summed E-state index contributed by atoms with van der Waals surface area (Å²) in [6, 6.07) is 22.8. The average Bonchev–Trinajstić information content (AvgIpc) is 3.36. The Morgan fingerprint density at radius 2 is 1.81 bits per heavy atom. The van der Waals surface area contributed by atoms with Crippen LogP contribution in [-0.2, 0) is 6.54 Å². The summed E-state index contributed by atoms with van der Waals surface area (Å²) in [7, 11) is 0. The first-order valence-electron chi connectivity index (χ1n) is 8.63. The molecule has 2 aromatic carbocycles. The maximum Gasteiger partial charge on any atom is 0.125 e. The number of hydrogen-bond donors (Lipinski definition) is 1. The Balaban J connectivity index is 1.51. The van der Waals surface area contributed by atoms with E-state index in [-0.39, 0.29) is 6.04 Å². The summed E-state index contributed by atoms with van der Waals surface area (Å²) in [5.74, 6) is 0.908. The summed E-state index contributed by atoms with van der Waals surface area (Å²) in [4.78, 5) is 4.78. The van der Waals surface area contributed by atoms with E-state index in [1.165, 1.54) is 11.1 Å². The quantitative estimate of drug-likeness (QED) is 0.487. The molecular weight excluding hydrogens is 340 g/mol. The van der Waals surface area contributed by atoms with Crippen molar-refractivity contribution in [1.82, 2.24) is 10.3 Å². The van der Waals surface area contributed by atoms with Crippen LogP contribution >= 0.6 is 11.3 Å². The highest BCUT2D eigenvalue weighted by atomic mass is 32.1. The Hall–Kier alpha value is -2.69. The molecule has 4 heteroatoms. The standard InChI is InChI=1S/C22H20N2OS/c1-16-9-11-18(12-10-16)22-24-19(15-26-22)14-23-21(20-8-5-13-25-20)17-6-3-2-4-7-17/h2-13,15,21,23H,14H2,1H3/t21-/m0/s1. The summed E-state index contributed by atoms with van der Waals surface area (Å²) in [5.41, 5.74) is 4.64. The van der Waals surface area contributed by atoms with E-state index in [2.05, 4.69) is 54.0 Å². The van der Waals surface area contributed by atoms with Crippen LogP contribution in [0.15, 0.2) is 82.8 Å². The Labute approximate surface area is 157 Å². The topological polar surface area (TPSA) is 38.1 Å². The second kappa shape index (κ2) is 7.68. The monoisotopic (exact) mass is 360 g/mol. The van der Waals surface area contributed by atoms with Crippen molar-refractivity contribution in [3.63, 3.8) is 0 Å². The van der Waals surface area contributed by atoms with Gasteiger partial charge in [0.1, 0.15) is 10.8 Å². The van der Waals surface area contributed by atoms with Crippen molar-refractivity contribution in [2.75, 3.05) is 0 Å². The molecule has 4 rings (SSSR count). The molecule has 0 spiro atoms. The van der Waals surface area contributed by atoms with Gasteiger partial charge in [-0.3, -0.25) is 5.32 Å². The second-order valence-corrected chi connectivity index (χ2v) is 7.11. The van der Waals surface area contributed by atoms with Gasteiger partial charge in [0.2, 0.25) is 0 Å². The van der Waals surface area contributed by atoms with E-state index >= 15 is 0 Å². The van der Waals surface area contributed by atoms with Crippen molar-refractivity contribution in [2.45, 2.75) is 19.5 Å². The van der Waals surface area contributed by atoms with Crippen LogP contribution in [0.1, 0.15) is 28.6 Å². The summed E-state index contributed by atoms with van der Waals surface area (Å²) in [6.45, 7) is 2.78. The molecule has 2 heterocycles. The minimum Gasteiger partial charge on any atom is -0.467 e. The molecule has 0 aliphatic heterocycles. The van der Waals surface area contributed by atoms with Crippen LogP contribution in [0.4, 0.5) is 0 Å². The molecule has 4 aromatic rings. The van der Waals surface area contributed by atoms with Crippen LogP contribution in [0.5, 0.6) is 0 Å². The number of hydrogen-bond acceptors (Lipinski definition) is 4. The van der Waals surface area contributed by atoms with Gasteiger partial charge in [-0.2, -0.15) is 0 Å². The molecule has 0 radical (unpaired) electrons. The molecule has 0 fully saturated rings. The highest BCUT2D eigenvalue weighted by Crippen LogP contribution is 2.26. The Morgan fingerprint density at radius 3 is 2.54 bits per heavy atom. The predicted molar refractivity (Wildman–Crippen MR) is 106 cm³/mol. The maximum absolute atomic E-state index is 5.64. The fourth-order valence-corrected chi connectivity index (χ4v) is 3.73. The van der Waals surface area contributed by atoms with Gasteiger partial charge in [-0.05, 0) is 24.6 Å². The van der Waals surface area contributed by atoms with E-state index in [1.54, 1.807) is 17.6 Å². The molecule has 0 bridgehead atoms. The van der Waals surface area contributed by atoms with Gasteiger partial charge in [-0.1, -0.05) is 60.2 Å². The second-order valence-electron chi connectivity index (χ2n) is 6.25. The number of thiazole rings is 1. The molecule has 0 aliphatic carbocycles. The van der Waals surface area contributed by atoms with Gasteiger partial charge in [-0.25, -0.2) is 4.98 Å². The lowest BCUT2D eigenvalue weighted by molar-refractivity contribution is 0.444. The number of nitrogens with zero attached hydrogens (tertiary/aromatic N) is 1. The van der Waals surface area contributed by atoms with Crippen LogP contribution in [0.3, 0.4) is 0 Å². The molecule has 0 saturated heterocycles. The third-order valence-electron chi connectivity index (χ3n) is 4.30. The van der Waals surface area contributed by atoms with Crippen molar-refractivity contribution in [2.24, 2.45) is 0 Å². The van der Waals surface area contributed by atoms with Gasteiger partial charge in [-0.15, -0.1) is 11.3 Å². The summed E-state index contributed by atoms with van der Waals surface area (Å²) in [5, 5.41) is 6.75. The van der Waals surface area contributed by atoms with Gasteiger partial charge in [0.15, 0.2) is 0 Å². The number of rotatable bonds is 6. The van der Waals surface area contributed by atoms with Crippen LogP contribution in [0.2, 0.25) is 0 Å². The molecule has 2 aromatic heterocycles. The molecule has 0 aliphatic rings. The van der Waals surface area contributed by atoms with Crippen molar-refractivity contribution >= 4 is 11.3 Å². The molecule has 130 valence electrons. The number of nitrogens with one attached hydrogen (secondary N) is 1. The first-order valence-corrected chi connectivity index (χ1v) is 9.51. The lowest BCUT2D eigenvalue weighted by Gasteiger charge is -2.16. The van der Waals surface area contributed by atoms with Crippen LogP contribution < -0.4 is 5.32 Å². The zero-order chi connectivity index (χ0) is 17.8. The molecule has 0 amide bonds. The molecule has 1 atom stereocenters. The van der Waals surface area contributed by atoms with E-state index in [1.807, 2.05) is 30.3 Å². The first kappa shape index (κ1) is 16.8. The van der Waals surface area contributed by atoms with Crippen molar-refractivity contribution in [3.05, 3.63) is 101 Å². The number of benzene rings is 2. The van der Waals surface area contributed by atoms with Gasteiger partial charge in [0.25, 0.3) is 0 Å². The lowest BCUT2D eigenvalue weighted by Crippen LogP contribution is -2.21. The minimum absolute atomic E-state index is 0.00993. The van der Waals surface area contributed by atoms with Gasteiger partial charge < -0.3 is 4.42 Å². The predicted octanol–water partition coefficient (Wildman–Crippen LogP) is 5.59. The fraction of sp³-hybridized carbons (Fsp3) is 0.136. The smallest absolute Gasteiger partial charge is 0.125 e. The molecule has 26 heavy (non-hydrogen) atoms. The average molecular weight is 360 g/mol. The largest absolute Gasteiger partial charge is 0.467 e. The van der Waals surface area contributed by atoms with Crippen LogP contribution in [-0.4, -0.2) is 4.98 Å². The molecule has 0 unspecified atom stereocenters. The van der Waals surface area contributed by atoms with Crippen LogP contribution in [0.25, 0.3) is 10.6 Å². The van der Waals surface area contributed by atoms with E-state index in [0.717, 1.165) is 22.0 Å². The lowest BCUT2D eigenvalue weighted by atomic mass is 10.0. The highest BCUT2D eigenvalue weighted by molar-refractivity contribution is 7.13. The van der Waals surface area contributed by atoms with E-state index in [9.17, 15) is 0 Å². The van der Waals surface area contributed by atoms with Crippen molar-refractivity contribution < 1.29 is 4.42 Å². The summed E-state index contributed by atoms with van der Waals surface area (Å²) < 4.78 is 5.64. The van der Waals surface area contributed by atoms with Crippen molar-refractivity contribution in [1.29, 1.82) is 0 Å². The first-order chi connectivity index (χ1) is 12.8. The Morgan fingerprint density at radius 1 is 1.00 bits per heavy atom. The zero-order valence-electron chi connectivity index (χ0n) is 14.6. The van der Waals surface area contributed by atoms with E-state index in [0.29, 0.717) is 6.54 Å². The molecule has 3 nitrogen and oxygen atoms in total. The maximum atomic E-state index is 5.64. The number of furan rings is 1. The Kier molecular flexibility index (Phi) is 4.95.